The van der Waals surface area contributed by atoms with Gasteiger partial charge < -0.3 is 19.1 Å². The molecule has 10 nitrogen and oxygen atoms in total. The number of amides is 1. The van der Waals surface area contributed by atoms with Gasteiger partial charge in [-0.2, -0.15) is 4.31 Å². The van der Waals surface area contributed by atoms with Crippen LogP contribution in [-0.4, -0.2) is 95.2 Å². The van der Waals surface area contributed by atoms with E-state index in [-0.39, 0.29) is 23.2 Å². The highest BCUT2D eigenvalue weighted by molar-refractivity contribution is 7.89. The number of sulfonamides is 1. The highest BCUT2D eigenvalue weighted by Gasteiger charge is 2.28. The van der Waals surface area contributed by atoms with E-state index in [2.05, 4.69) is 0 Å². The fraction of sp³-hybridized carbons (Fsp3) is 0.417. The number of carbonyl (C=O) groups is 1. The van der Waals surface area contributed by atoms with Gasteiger partial charge in [0.2, 0.25) is 10.0 Å². The summed E-state index contributed by atoms with van der Waals surface area (Å²) in [7, 11) is 0.243. The number of likely N-dealkylation sites (N-methyl/N-ethyl adjacent to an activating group) is 1. The number of benzene rings is 2. The van der Waals surface area contributed by atoms with Crippen molar-refractivity contribution >= 4 is 55.0 Å². The van der Waals surface area contributed by atoms with Crippen LogP contribution in [0.15, 0.2) is 41.3 Å². The van der Waals surface area contributed by atoms with E-state index in [4.69, 9.17) is 19.2 Å². The molecule has 1 fully saturated rings. The lowest BCUT2D eigenvalue weighted by molar-refractivity contribution is 0.0730. The van der Waals surface area contributed by atoms with E-state index >= 15 is 0 Å². The lowest BCUT2D eigenvalue weighted by Crippen LogP contribution is -2.40. The Morgan fingerprint density at radius 2 is 1.65 bits per heavy atom. The molecule has 1 saturated heterocycles. The van der Waals surface area contributed by atoms with Crippen LogP contribution in [0, 0.1) is 0 Å². The van der Waals surface area contributed by atoms with Gasteiger partial charge in [-0.1, -0.05) is 11.3 Å². The van der Waals surface area contributed by atoms with Crippen molar-refractivity contribution in [1.29, 1.82) is 0 Å². The van der Waals surface area contributed by atoms with Crippen LogP contribution in [0.25, 0.3) is 10.2 Å². The molecule has 0 unspecified atom stereocenters. The summed E-state index contributed by atoms with van der Waals surface area (Å²) in [6, 6.07) is 9.83. The quantitative estimate of drug-likeness (QED) is 0.429. The smallest absolute Gasteiger partial charge is 0.260 e. The van der Waals surface area contributed by atoms with E-state index in [1.54, 1.807) is 17.0 Å². The third kappa shape index (κ3) is 5.84. The first kappa shape index (κ1) is 27.6. The number of hydrogen-bond acceptors (Lipinski definition) is 9. The topological polar surface area (TPSA) is 102 Å². The number of hydrogen-bond donors (Lipinski definition) is 0. The number of nitrogens with zero attached hydrogens (tertiary/aromatic N) is 4. The summed E-state index contributed by atoms with van der Waals surface area (Å²) < 4.78 is 44.8. The van der Waals surface area contributed by atoms with Crippen molar-refractivity contribution in [3.05, 3.63) is 42.0 Å². The largest absolute Gasteiger partial charge is 0.486 e. The minimum absolute atomic E-state index is 0. The lowest BCUT2D eigenvalue weighted by atomic mass is 10.2. The Balaban J connectivity index is 0.00000320. The maximum Gasteiger partial charge on any atom is 0.260 e. The van der Waals surface area contributed by atoms with Gasteiger partial charge in [0.25, 0.3) is 5.91 Å². The Morgan fingerprint density at radius 3 is 2.30 bits per heavy atom. The minimum atomic E-state index is -3.64. The standard InChI is InChI=1S/C24H28N4O6S2.ClH/c1-26(2)7-8-28(24-25-19-15-20-21(16-22(19)35-24)34-14-13-33-20)23(29)17-3-5-18(6-4-17)36(30,31)27-9-11-32-12-10-27;/h3-6,15-16H,7-14H2,1-2H3;1H. The predicted molar refractivity (Wildman–Crippen MR) is 144 cm³/mol. The van der Waals surface area contributed by atoms with E-state index in [1.807, 2.05) is 31.1 Å². The fourth-order valence-electron chi connectivity index (χ4n) is 4.01. The third-order valence-corrected chi connectivity index (χ3v) is 8.95. The normalized spacial score (nSPS) is 16.0. The molecule has 37 heavy (non-hydrogen) atoms. The molecule has 5 rings (SSSR count). The van der Waals surface area contributed by atoms with Gasteiger partial charge in [0.1, 0.15) is 13.2 Å². The Morgan fingerprint density at radius 1 is 1.00 bits per heavy atom. The molecule has 2 aliphatic rings. The molecule has 3 heterocycles. The van der Waals surface area contributed by atoms with Crippen LogP contribution in [0.3, 0.4) is 0 Å². The summed E-state index contributed by atoms with van der Waals surface area (Å²) in [5.41, 5.74) is 1.12. The average Bonchev–Trinajstić information content (AvgIpc) is 3.30. The molecule has 1 aromatic heterocycles. The van der Waals surface area contributed by atoms with Gasteiger partial charge in [0.05, 0.1) is 28.3 Å². The van der Waals surface area contributed by atoms with Gasteiger partial charge in [-0.05, 0) is 38.4 Å². The molecule has 0 spiro atoms. The molecular formula is C24H29ClN4O6S2. The van der Waals surface area contributed by atoms with Gasteiger partial charge in [0.15, 0.2) is 16.6 Å². The molecule has 3 aromatic rings. The second-order valence-corrected chi connectivity index (χ2v) is 11.7. The third-order valence-electron chi connectivity index (χ3n) is 6.00. The number of rotatable bonds is 7. The van der Waals surface area contributed by atoms with Crippen molar-refractivity contribution < 1.29 is 27.4 Å². The first-order valence-corrected chi connectivity index (χ1v) is 13.9. The average molecular weight is 569 g/mol. The van der Waals surface area contributed by atoms with E-state index in [0.717, 1.165) is 10.2 Å². The molecule has 200 valence electrons. The molecule has 1 amide bonds. The molecule has 0 bridgehead atoms. The minimum Gasteiger partial charge on any atom is -0.486 e. The van der Waals surface area contributed by atoms with Gasteiger partial charge >= 0.3 is 0 Å². The number of aromatic nitrogens is 1. The first-order chi connectivity index (χ1) is 17.3. The van der Waals surface area contributed by atoms with Gasteiger partial charge in [0, 0.05) is 43.9 Å². The van der Waals surface area contributed by atoms with Gasteiger partial charge in [-0.15, -0.1) is 12.4 Å². The van der Waals surface area contributed by atoms with Crippen LogP contribution in [0.5, 0.6) is 11.5 Å². The summed E-state index contributed by atoms with van der Waals surface area (Å²) in [6.07, 6.45) is 0. The number of carbonyl (C=O) groups excluding carboxylic acids is 1. The predicted octanol–water partition coefficient (Wildman–Crippen LogP) is 2.72. The summed E-state index contributed by atoms with van der Waals surface area (Å²) >= 11 is 1.40. The van der Waals surface area contributed by atoms with Gasteiger partial charge in [-0.3, -0.25) is 9.69 Å². The zero-order valence-corrected chi connectivity index (χ0v) is 23.0. The first-order valence-electron chi connectivity index (χ1n) is 11.7. The number of morpholine rings is 1. The van der Waals surface area contributed by atoms with Crippen molar-refractivity contribution in [1.82, 2.24) is 14.2 Å². The number of halogens is 1. The van der Waals surface area contributed by atoms with Crippen molar-refractivity contribution in [3.63, 3.8) is 0 Å². The van der Waals surface area contributed by atoms with Crippen LogP contribution in [0.4, 0.5) is 5.13 Å². The Kier molecular flexibility index (Phi) is 8.56. The van der Waals surface area contributed by atoms with E-state index < -0.39 is 10.0 Å². The van der Waals surface area contributed by atoms with Crippen molar-refractivity contribution in [2.24, 2.45) is 0 Å². The van der Waals surface area contributed by atoms with Crippen molar-refractivity contribution in [2.45, 2.75) is 4.90 Å². The summed E-state index contributed by atoms with van der Waals surface area (Å²) in [4.78, 5) is 22.1. The molecule has 2 aromatic carbocycles. The molecule has 2 aliphatic heterocycles. The van der Waals surface area contributed by atoms with Crippen LogP contribution < -0.4 is 14.4 Å². The Hall–Kier alpha value is -2.48. The molecular weight excluding hydrogens is 540 g/mol. The highest BCUT2D eigenvalue weighted by atomic mass is 35.5. The molecule has 0 atom stereocenters. The molecule has 0 radical (unpaired) electrons. The number of thiazole rings is 1. The second kappa shape index (κ2) is 11.5. The van der Waals surface area contributed by atoms with Crippen LogP contribution >= 0.6 is 23.7 Å². The van der Waals surface area contributed by atoms with Gasteiger partial charge in [-0.25, -0.2) is 13.4 Å². The zero-order chi connectivity index (χ0) is 25.3. The SMILES string of the molecule is CN(C)CCN(C(=O)c1ccc(S(=O)(=O)N2CCOCC2)cc1)c1nc2cc3c(cc2s1)OCCO3.Cl. The van der Waals surface area contributed by atoms with E-state index in [1.165, 1.54) is 27.8 Å². The number of fused-ring (bicyclic) bond motifs is 2. The maximum atomic E-state index is 13.6. The fourth-order valence-corrected chi connectivity index (χ4v) is 6.42. The Labute approximate surface area is 226 Å². The molecule has 0 N–H and O–H groups in total. The van der Waals surface area contributed by atoms with Crippen LogP contribution in [0.2, 0.25) is 0 Å². The lowest BCUT2D eigenvalue weighted by Gasteiger charge is -2.26. The number of anilines is 1. The molecule has 0 aliphatic carbocycles. The zero-order valence-electron chi connectivity index (χ0n) is 20.6. The van der Waals surface area contributed by atoms with Crippen LogP contribution in [-0.2, 0) is 14.8 Å². The molecule has 13 heteroatoms. The summed E-state index contributed by atoms with van der Waals surface area (Å²) in [5, 5.41) is 0.559. The molecule has 0 saturated carbocycles. The van der Waals surface area contributed by atoms with E-state index in [0.29, 0.717) is 74.8 Å². The number of ether oxygens (including phenoxy) is 3. The second-order valence-electron chi connectivity index (χ2n) is 8.76. The maximum absolute atomic E-state index is 13.6. The summed E-state index contributed by atoms with van der Waals surface area (Å²) in [6.45, 7) is 3.42. The Bertz CT molecular complexity index is 1310. The monoisotopic (exact) mass is 568 g/mol. The van der Waals surface area contributed by atoms with Crippen molar-refractivity contribution in [3.8, 4) is 11.5 Å². The van der Waals surface area contributed by atoms with Crippen LogP contribution in [0.1, 0.15) is 10.4 Å². The highest BCUT2D eigenvalue weighted by Crippen LogP contribution is 2.39. The van der Waals surface area contributed by atoms with Crippen molar-refractivity contribution in [2.75, 3.05) is 71.6 Å². The van der Waals surface area contributed by atoms with E-state index in [9.17, 15) is 13.2 Å². The summed E-state index contributed by atoms with van der Waals surface area (Å²) in [5.74, 6) is 1.07.